The zero-order chi connectivity index (χ0) is 10.4. The van der Waals surface area contributed by atoms with Gasteiger partial charge in [-0.1, -0.05) is 11.1 Å². The average Bonchev–Trinajstić information content (AvgIpc) is 1.80. The minimum atomic E-state index is -0.250. The SMILES string of the molecule is CC(=O)OC(C=C(C)C)C=C(C)C. The Hall–Kier alpha value is -1.05. The monoisotopic (exact) mass is 182 g/mol. The number of hydrogen-bond donors (Lipinski definition) is 0. The quantitative estimate of drug-likeness (QED) is 0.495. The van der Waals surface area contributed by atoms with E-state index in [0.29, 0.717) is 0 Å². The fraction of sp³-hybridized carbons (Fsp3) is 0.545. The molecule has 0 fully saturated rings. The minimum absolute atomic E-state index is 0.215. The zero-order valence-corrected chi connectivity index (χ0v) is 9.05. The van der Waals surface area contributed by atoms with E-state index in [-0.39, 0.29) is 12.1 Å². The van der Waals surface area contributed by atoms with Crippen LogP contribution in [-0.4, -0.2) is 12.1 Å². The van der Waals surface area contributed by atoms with Gasteiger partial charge in [-0.05, 0) is 39.8 Å². The summed E-state index contributed by atoms with van der Waals surface area (Å²) in [5.41, 5.74) is 2.28. The Morgan fingerprint density at radius 2 is 1.38 bits per heavy atom. The fourth-order valence-electron chi connectivity index (χ4n) is 0.965. The van der Waals surface area contributed by atoms with Crippen LogP contribution >= 0.6 is 0 Å². The molecule has 0 aliphatic heterocycles. The first-order valence-corrected chi connectivity index (χ1v) is 4.39. The van der Waals surface area contributed by atoms with E-state index in [1.807, 2.05) is 39.8 Å². The molecule has 0 aromatic rings. The van der Waals surface area contributed by atoms with Crippen LogP contribution in [0.3, 0.4) is 0 Å². The third-order valence-electron chi connectivity index (χ3n) is 1.30. The Kier molecular flexibility index (Phi) is 5.12. The van der Waals surface area contributed by atoms with Crippen LogP contribution in [-0.2, 0) is 9.53 Å². The number of rotatable bonds is 3. The van der Waals surface area contributed by atoms with Crippen molar-refractivity contribution in [3.63, 3.8) is 0 Å². The van der Waals surface area contributed by atoms with Crippen molar-refractivity contribution >= 4 is 5.97 Å². The van der Waals surface area contributed by atoms with Crippen molar-refractivity contribution in [2.45, 2.75) is 40.7 Å². The van der Waals surface area contributed by atoms with Gasteiger partial charge in [-0.2, -0.15) is 0 Å². The van der Waals surface area contributed by atoms with Crippen LogP contribution < -0.4 is 0 Å². The van der Waals surface area contributed by atoms with Gasteiger partial charge in [0.2, 0.25) is 0 Å². The average molecular weight is 182 g/mol. The summed E-state index contributed by atoms with van der Waals surface area (Å²) in [6.45, 7) is 9.35. The van der Waals surface area contributed by atoms with Crippen molar-refractivity contribution < 1.29 is 9.53 Å². The molecule has 0 unspecified atom stereocenters. The van der Waals surface area contributed by atoms with Crippen molar-refractivity contribution in [2.24, 2.45) is 0 Å². The Labute approximate surface area is 80.3 Å². The molecule has 0 aliphatic rings. The summed E-state index contributed by atoms with van der Waals surface area (Å²) in [4.78, 5) is 10.7. The summed E-state index contributed by atoms with van der Waals surface area (Å²) in [5, 5.41) is 0. The molecule has 0 amide bonds. The zero-order valence-electron chi connectivity index (χ0n) is 9.05. The van der Waals surface area contributed by atoms with Crippen molar-refractivity contribution in [1.29, 1.82) is 0 Å². The minimum Gasteiger partial charge on any atom is -0.454 e. The number of carbonyl (C=O) groups is 1. The Morgan fingerprint density at radius 3 is 1.62 bits per heavy atom. The lowest BCUT2D eigenvalue weighted by atomic mass is 10.2. The van der Waals surface area contributed by atoms with Crippen molar-refractivity contribution in [3.8, 4) is 0 Å². The highest BCUT2D eigenvalue weighted by Crippen LogP contribution is 2.05. The smallest absolute Gasteiger partial charge is 0.303 e. The standard InChI is InChI=1S/C11H18O2/c1-8(2)6-11(7-9(3)4)13-10(5)12/h6-7,11H,1-5H3. The molecule has 0 spiro atoms. The predicted octanol–water partition coefficient (Wildman–Crippen LogP) is 2.85. The molecule has 0 rings (SSSR count). The molecule has 2 heteroatoms. The third-order valence-corrected chi connectivity index (χ3v) is 1.30. The summed E-state index contributed by atoms with van der Waals surface area (Å²) in [7, 11) is 0. The summed E-state index contributed by atoms with van der Waals surface area (Å²) in [6, 6.07) is 0. The van der Waals surface area contributed by atoms with Crippen molar-refractivity contribution in [3.05, 3.63) is 23.3 Å². The molecule has 0 radical (unpaired) electrons. The van der Waals surface area contributed by atoms with E-state index in [0.717, 1.165) is 11.1 Å². The van der Waals surface area contributed by atoms with Gasteiger partial charge < -0.3 is 4.74 Å². The van der Waals surface area contributed by atoms with Crippen LogP contribution in [0.2, 0.25) is 0 Å². The Balaban J connectivity index is 4.47. The second kappa shape index (κ2) is 5.57. The first kappa shape index (κ1) is 11.9. The van der Waals surface area contributed by atoms with E-state index < -0.39 is 0 Å². The lowest BCUT2D eigenvalue weighted by Gasteiger charge is -2.09. The Bertz CT molecular complexity index is 210. The van der Waals surface area contributed by atoms with Gasteiger partial charge in [0.15, 0.2) is 0 Å². The number of hydrogen-bond acceptors (Lipinski definition) is 2. The predicted molar refractivity (Wildman–Crippen MR) is 54.4 cm³/mol. The van der Waals surface area contributed by atoms with Gasteiger partial charge in [-0.3, -0.25) is 4.79 Å². The summed E-state index contributed by atoms with van der Waals surface area (Å²) in [6.07, 6.45) is 3.63. The number of allylic oxidation sites excluding steroid dienone is 2. The lowest BCUT2D eigenvalue weighted by molar-refractivity contribution is -0.142. The molecule has 2 nitrogen and oxygen atoms in total. The van der Waals surface area contributed by atoms with E-state index in [9.17, 15) is 4.79 Å². The van der Waals surface area contributed by atoms with Crippen LogP contribution in [0.5, 0.6) is 0 Å². The fourth-order valence-corrected chi connectivity index (χ4v) is 0.965. The van der Waals surface area contributed by atoms with Crippen LogP contribution in [0, 0.1) is 0 Å². The van der Waals surface area contributed by atoms with Gasteiger partial charge in [-0.15, -0.1) is 0 Å². The van der Waals surface area contributed by atoms with E-state index in [1.54, 1.807) is 0 Å². The molecule has 0 atom stereocenters. The topological polar surface area (TPSA) is 26.3 Å². The van der Waals surface area contributed by atoms with Gasteiger partial charge in [-0.25, -0.2) is 0 Å². The molecule has 74 valence electrons. The third kappa shape index (κ3) is 7.32. The summed E-state index contributed by atoms with van der Waals surface area (Å²) < 4.78 is 5.08. The number of esters is 1. The van der Waals surface area contributed by atoms with E-state index in [1.165, 1.54) is 6.92 Å². The van der Waals surface area contributed by atoms with Crippen LogP contribution in [0.1, 0.15) is 34.6 Å². The first-order chi connectivity index (χ1) is 5.91. The lowest BCUT2D eigenvalue weighted by Crippen LogP contribution is -2.11. The molecule has 0 saturated heterocycles. The molecule has 0 N–H and O–H groups in total. The van der Waals surface area contributed by atoms with Crippen molar-refractivity contribution in [2.75, 3.05) is 0 Å². The number of carbonyl (C=O) groups excluding carboxylic acids is 1. The molecule has 0 saturated carbocycles. The molecule has 0 aromatic heterocycles. The molecule has 0 heterocycles. The second-order valence-electron chi connectivity index (χ2n) is 3.56. The molecule has 13 heavy (non-hydrogen) atoms. The van der Waals surface area contributed by atoms with Crippen LogP contribution in [0.15, 0.2) is 23.3 Å². The normalized spacial score (nSPS) is 9.38. The molecule has 0 bridgehead atoms. The van der Waals surface area contributed by atoms with Crippen LogP contribution in [0.4, 0.5) is 0 Å². The van der Waals surface area contributed by atoms with E-state index >= 15 is 0 Å². The van der Waals surface area contributed by atoms with E-state index in [4.69, 9.17) is 4.74 Å². The largest absolute Gasteiger partial charge is 0.454 e. The maximum atomic E-state index is 10.7. The Morgan fingerprint density at radius 1 is 1.00 bits per heavy atom. The summed E-state index contributed by atoms with van der Waals surface area (Å²) in [5.74, 6) is -0.250. The van der Waals surface area contributed by atoms with Crippen LogP contribution in [0.25, 0.3) is 0 Å². The number of ether oxygens (including phenoxy) is 1. The van der Waals surface area contributed by atoms with Crippen molar-refractivity contribution in [1.82, 2.24) is 0 Å². The van der Waals surface area contributed by atoms with Gasteiger partial charge in [0.1, 0.15) is 6.10 Å². The molecular weight excluding hydrogens is 164 g/mol. The second-order valence-corrected chi connectivity index (χ2v) is 3.56. The highest BCUT2D eigenvalue weighted by molar-refractivity contribution is 5.66. The molecule has 0 aromatic carbocycles. The maximum absolute atomic E-state index is 10.7. The van der Waals surface area contributed by atoms with Gasteiger partial charge in [0.25, 0.3) is 0 Å². The van der Waals surface area contributed by atoms with Gasteiger partial charge in [0, 0.05) is 6.92 Å². The van der Waals surface area contributed by atoms with Gasteiger partial charge >= 0.3 is 5.97 Å². The first-order valence-electron chi connectivity index (χ1n) is 4.39. The highest BCUT2D eigenvalue weighted by atomic mass is 16.5. The molecule has 0 aliphatic carbocycles. The maximum Gasteiger partial charge on any atom is 0.303 e. The van der Waals surface area contributed by atoms with E-state index in [2.05, 4.69) is 0 Å². The summed E-state index contributed by atoms with van der Waals surface area (Å²) >= 11 is 0. The highest BCUT2D eigenvalue weighted by Gasteiger charge is 2.04. The van der Waals surface area contributed by atoms with Gasteiger partial charge in [0.05, 0.1) is 0 Å². The molecular formula is C11H18O2.